The highest BCUT2D eigenvalue weighted by Gasteiger charge is 2.34. The molecule has 5 heteroatoms. The fourth-order valence-corrected chi connectivity index (χ4v) is 4.37. The Hall–Kier alpha value is -1.85. The van der Waals surface area contributed by atoms with Crippen molar-refractivity contribution in [2.24, 2.45) is 7.05 Å². The van der Waals surface area contributed by atoms with Crippen LogP contribution in [-0.2, 0) is 24.6 Å². The molecule has 0 radical (unpaired) electrons. The average Bonchev–Trinajstić information content (AvgIpc) is 3.19. The lowest BCUT2D eigenvalue weighted by Gasteiger charge is -2.30. The van der Waals surface area contributed by atoms with Gasteiger partial charge in [0.2, 0.25) is 0 Å². The molecule has 2 aliphatic rings. The number of nitrogens with zero attached hydrogens (tertiary/aromatic N) is 2. The number of rotatable bonds is 4. The normalized spacial score (nSPS) is 25.8. The second-order valence-electron chi connectivity index (χ2n) is 7.23. The molecule has 4 rings (SSSR count). The molecule has 2 heterocycles. The molecule has 0 bridgehead atoms. The van der Waals surface area contributed by atoms with E-state index in [4.69, 9.17) is 9.47 Å². The molecule has 5 nitrogen and oxygen atoms in total. The van der Waals surface area contributed by atoms with Gasteiger partial charge in [-0.3, -0.25) is 4.68 Å². The van der Waals surface area contributed by atoms with E-state index in [1.54, 1.807) is 7.11 Å². The van der Waals surface area contributed by atoms with Gasteiger partial charge >= 0.3 is 0 Å². The van der Waals surface area contributed by atoms with Crippen molar-refractivity contribution in [3.63, 3.8) is 0 Å². The maximum atomic E-state index is 6.06. The summed E-state index contributed by atoms with van der Waals surface area (Å²) in [6.45, 7) is 2.88. The Morgan fingerprint density at radius 1 is 1.32 bits per heavy atom. The molecular formula is C20H27N3O2. The van der Waals surface area contributed by atoms with Crippen LogP contribution >= 0.6 is 0 Å². The van der Waals surface area contributed by atoms with Gasteiger partial charge in [0.25, 0.3) is 0 Å². The number of hydrogen-bond donors (Lipinski definition) is 1. The summed E-state index contributed by atoms with van der Waals surface area (Å²) in [5.41, 5.74) is 5.08. The molecule has 2 aromatic rings. The molecule has 1 fully saturated rings. The SMILES string of the molecule is COc1cccc2c1CCC(N[C@H]1CCO[C@@H]1c1cn(C)nc1C)C2. The van der Waals surface area contributed by atoms with E-state index in [2.05, 4.69) is 41.7 Å². The van der Waals surface area contributed by atoms with Crippen LogP contribution in [0.2, 0.25) is 0 Å². The van der Waals surface area contributed by atoms with Crippen molar-refractivity contribution in [1.82, 2.24) is 15.1 Å². The second kappa shape index (κ2) is 6.81. The minimum absolute atomic E-state index is 0.111. The smallest absolute Gasteiger partial charge is 0.122 e. The fraction of sp³-hybridized carbons (Fsp3) is 0.550. The molecule has 1 saturated heterocycles. The van der Waals surface area contributed by atoms with E-state index >= 15 is 0 Å². The maximum absolute atomic E-state index is 6.06. The van der Waals surface area contributed by atoms with Gasteiger partial charge in [-0.1, -0.05) is 12.1 Å². The van der Waals surface area contributed by atoms with E-state index < -0.39 is 0 Å². The van der Waals surface area contributed by atoms with Crippen molar-refractivity contribution in [3.8, 4) is 5.75 Å². The Morgan fingerprint density at radius 3 is 2.96 bits per heavy atom. The molecule has 1 N–H and O–H groups in total. The average molecular weight is 341 g/mol. The highest BCUT2D eigenvalue weighted by atomic mass is 16.5. The third-order valence-corrected chi connectivity index (χ3v) is 5.56. The third kappa shape index (κ3) is 3.18. The fourth-order valence-electron chi connectivity index (χ4n) is 4.37. The molecule has 0 saturated carbocycles. The first-order chi connectivity index (χ1) is 12.2. The molecule has 1 aromatic carbocycles. The number of fused-ring (bicyclic) bond motifs is 1. The number of ether oxygens (including phenoxy) is 2. The summed E-state index contributed by atoms with van der Waals surface area (Å²) in [7, 11) is 3.73. The molecule has 0 amide bonds. The van der Waals surface area contributed by atoms with Crippen molar-refractivity contribution in [3.05, 3.63) is 46.8 Å². The monoisotopic (exact) mass is 341 g/mol. The van der Waals surface area contributed by atoms with Crippen molar-refractivity contribution in [1.29, 1.82) is 0 Å². The number of aromatic nitrogens is 2. The number of nitrogens with one attached hydrogen (secondary N) is 1. The van der Waals surface area contributed by atoms with Crippen LogP contribution in [0.4, 0.5) is 0 Å². The highest BCUT2D eigenvalue weighted by molar-refractivity contribution is 5.42. The highest BCUT2D eigenvalue weighted by Crippen LogP contribution is 2.34. The summed E-state index contributed by atoms with van der Waals surface area (Å²) < 4.78 is 13.5. The maximum Gasteiger partial charge on any atom is 0.122 e. The van der Waals surface area contributed by atoms with Crippen LogP contribution in [-0.4, -0.2) is 35.6 Å². The number of benzene rings is 1. The molecule has 1 aliphatic heterocycles. The number of aryl methyl sites for hydroxylation is 2. The van der Waals surface area contributed by atoms with Gasteiger partial charge in [-0.25, -0.2) is 0 Å². The quantitative estimate of drug-likeness (QED) is 0.929. The van der Waals surface area contributed by atoms with Crippen molar-refractivity contribution < 1.29 is 9.47 Å². The van der Waals surface area contributed by atoms with E-state index in [1.165, 1.54) is 16.7 Å². The van der Waals surface area contributed by atoms with Crippen LogP contribution in [0.15, 0.2) is 24.4 Å². The van der Waals surface area contributed by atoms with Gasteiger partial charge in [-0.05, 0) is 49.8 Å². The van der Waals surface area contributed by atoms with Crippen LogP contribution in [0, 0.1) is 6.92 Å². The van der Waals surface area contributed by atoms with E-state index in [0.29, 0.717) is 12.1 Å². The predicted octanol–water partition coefficient (Wildman–Crippen LogP) is 2.71. The van der Waals surface area contributed by atoms with Gasteiger partial charge in [0, 0.05) is 37.5 Å². The number of methoxy groups -OCH3 is 1. The summed E-state index contributed by atoms with van der Waals surface area (Å²) in [6.07, 6.45) is 6.54. The summed E-state index contributed by atoms with van der Waals surface area (Å²) in [5.74, 6) is 1.03. The van der Waals surface area contributed by atoms with Crippen LogP contribution in [0.1, 0.15) is 41.3 Å². The summed E-state index contributed by atoms with van der Waals surface area (Å²) >= 11 is 0. The van der Waals surface area contributed by atoms with Gasteiger partial charge in [0.1, 0.15) is 11.9 Å². The molecule has 25 heavy (non-hydrogen) atoms. The first-order valence-electron chi connectivity index (χ1n) is 9.18. The van der Waals surface area contributed by atoms with Crippen LogP contribution < -0.4 is 10.1 Å². The number of hydrogen-bond acceptors (Lipinski definition) is 4. The third-order valence-electron chi connectivity index (χ3n) is 5.56. The van der Waals surface area contributed by atoms with Gasteiger partial charge < -0.3 is 14.8 Å². The zero-order chi connectivity index (χ0) is 17.4. The standard InChI is InChI=1S/C20H27N3O2/c1-13-17(12-23(2)22-13)20-18(9-10-25-20)21-15-7-8-16-14(11-15)5-4-6-19(16)24-3/h4-6,12,15,18,20-21H,7-11H2,1-3H3/t15?,18-,20+/m0/s1. The van der Waals surface area contributed by atoms with E-state index in [1.807, 2.05) is 11.7 Å². The van der Waals surface area contributed by atoms with Crippen LogP contribution in [0.5, 0.6) is 5.75 Å². The van der Waals surface area contributed by atoms with Crippen molar-refractivity contribution in [2.75, 3.05) is 13.7 Å². The molecule has 0 spiro atoms. The van der Waals surface area contributed by atoms with E-state index in [0.717, 1.165) is 43.7 Å². The molecule has 1 aliphatic carbocycles. The largest absolute Gasteiger partial charge is 0.496 e. The van der Waals surface area contributed by atoms with Gasteiger partial charge in [-0.15, -0.1) is 0 Å². The van der Waals surface area contributed by atoms with Gasteiger partial charge in [0.15, 0.2) is 0 Å². The molecule has 134 valence electrons. The molecular weight excluding hydrogens is 314 g/mol. The zero-order valence-electron chi connectivity index (χ0n) is 15.3. The minimum Gasteiger partial charge on any atom is -0.496 e. The van der Waals surface area contributed by atoms with Gasteiger partial charge in [0.05, 0.1) is 12.8 Å². The van der Waals surface area contributed by atoms with Crippen LogP contribution in [0.25, 0.3) is 0 Å². The van der Waals surface area contributed by atoms with E-state index in [-0.39, 0.29) is 6.10 Å². The minimum atomic E-state index is 0.111. The topological polar surface area (TPSA) is 48.3 Å². The summed E-state index contributed by atoms with van der Waals surface area (Å²) in [6, 6.07) is 7.25. The lowest BCUT2D eigenvalue weighted by molar-refractivity contribution is 0.0953. The second-order valence-corrected chi connectivity index (χ2v) is 7.23. The Kier molecular flexibility index (Phi) is 4.52. The zero-order valence-corrected chi connectivity index (χ0v) is 15.3. The van der Waals surface area contributed by atoms with Crippen molar-refractivity contribution in [2.45, 2.75) is 50.8 Å². The first kappa shape index (κ1) is 16.6. The predicted molar refractivity (Wildman–Crippen MR) is 97.0 cm³/mol. The Morgan fingerprint density at radius 2 is 2.20 bits per heavy atom. The Bertz CT molecular complexity index is 755. The molecule has 1 unspecified atom stereocenters. The first-order valence-corrected chi connectivity index (χ1v) is 9.18. The van der Waals surface area contributed by atoms with Crippen molar-refractivity contribution >= 4 is 0 Å². The lowest BCUT2D eigenvalue weighted by atomic mass is 9.87. The summed E-state index contributed by atoms with van der Waals surface area (Å²) in [4.78, 5) is 0. The lowest BCUT2D eigenvalue weighted by Crippen LogP contribution is -2.43. The molecule has 3 atom stereocenters. The Labute approximate surface area is 149 Å². The Balaban J connectivity index is 1.48. The van der Waals surface area contributed by atoms with Crippen LogP contribution in [0.3, 0.4) is 0 Å². The molecule has 1 aromatic heterocycles. The summed E-state index contributed by atoms with van der Waals surface area (Å²) in [5, 5.41) is 8.36. The van der Waals surface area contributed by atoms with Gasteiger partial charge in [-0.2, -0.15) is 5.10 Å². The van der Waals surface area contributed by atoms with E-state index in [9.17, 15) is 0 Å².